The van der Waals surface area contributed by atoms with Crippen LogP contribution < -0.4 is 14.8 Å². The minimum atomic E-state index is -1.27. The molecule has 2 aromatic carbocycles. The molecule has 8 nitrogen and oxygen atoms in total. The molecule has 1 atom stereocenters. The Morgan fingerprint density at radius 1 is 1.06 bits per heavy atom. The molecular weight excluding hydrogens is 470 g/mol. The monoisotopic (exact) mass is 493 g/mol. The Labute approximate surface area is 207 Å². The van der Waals surface area contributed by atoms with Gasteiger partial charge in [0.2, 0.25) is 6.79 Å². The van der Waals surface area contributed by atoms with Gasteiger partial charge < -0.3 is 19.4 Å². The van der Waals surface area contributed by atoms with Gasteiger partial charge in [0, 0.05) is 28.5 Å². The molecule has 1 unspecified atom stereocenters. The van der Waals surface area contributed by atoms with Gasteiger partial charge in [-0.15, -0.1) is 0 Å². The van der Waals surface area contributed by atoms with Crippen molar-refractivity contribution in [3.05, 3.63) is 81.6 Å². The average Bonchev–Trinajstić information content (AvgIpc) is 3.47. The van der Waals surface area contributed by atoms with Crippen LogP contribution in [0, 0.1) is 13.8 Å². The van der Waals surface area contributed by atoms with Crippen molar-refractivity contribution in [3.63, 3.8) is 0 Å². The Morgan fingerprint density at radius 2 is 1.77 bits per heavy atom. The van der Waals surface area contributed by atoms with Crippen LogP contribution in [0.25, 0.3) is 0 Å². The Bertz CT molecular complexity index is 1360. The molecular formula is C26H24ClN3O5. The van der Waals surface area contributed by atoms with Crippen LogP contribution in [0.4, 0.5) is 4.79 Å². The number of halogens is 1. The van der Waals surface area contributed by atoms with Crippen molar-refractivity contribution in [1.29, 1.82) is 0 Å². The molecule has 2 aliphatic rings. The first kappa shape index (κ1) is 23.0. The summed E-state index contributed by atoms with van der Waals surface area (Å²) in [5, 5.41) is 3.25. The van der Waals surface area contributed by atoms with Gasteiger partial charge in [0.1, 0.15) is 5.54 Å². The van der Waals surface area contributed by atoms with Crippen molar-refractivity contribution in [2.75, 3.05) is 13.3 Å². The van der Waals surface area contributed by atoms with Gasteiger partial charge >= 0.3 is 6.03 Å². The number of aryl methyl sites for hydroxylation is 1. The summed E-state index contributed by atoms with van der Waals surface area (Å²) in [6.45, 7) is 5.80. The van der Waals surface area contributed by atoms with E-state index in [-0.39, 0.29) is 19.1 Å². The maximum atomic E-state index is 13.2. The zero-order chi connectivity index (χ0) is 24.9. The fourth-order valence-electron chi connectivity index (χ4n) is 4.60. The third-order valence-corrected chi connectivity index (χ3v) is 6.90. The quantitative estimate of drug-likeness (QED) is 0.411. The lowest BCUT2D eigenvalue weighted by Crippen LogP contribution is -2.41. The van der Waals surface area contributed by atoms with Crippen molar-refractivity contribution in [2.45, 2.75) is 32.9 Å². The van der Waals surface area contributed by atoms with E-state index >= 15 is 0 Å². The molecule has 180 valence electrons. The van der Waals surface area contributed by atoms with E-state index in [0.29, 0.717) is 34.2 Å². The summed E-state index contributed by atoms with van der Waals surface area (Å²) in [6, 6.07) is 13.6. The summed E-state index contributed by atoms with van der Waals surface area (Å²) in [7, 11) is 0. The normalized spacial score (nSPS) is 18.8. The van der Waals surface area contributed by atoms with E-state index in [4.69, 9.17) is 21.1 Å². The van der Waals surface area contributed by atoms with Crippen molar-refractivity contribution >= 4 is 29.3 Å². The lowest BCUT2D eigenvalue weighted by atomic mass is 9.92. The molecule has 0 radical (unpaired) electrons. The number of fused-ring (bicyclic) bond motifs is 1. The van der Waals surface area contributed by atoms with Crippen molar-refractivity contribution in [3.8, 4) is 11.5 Å². The highest BCUT2D eigenvalue weighted by molar-refractivity contribution is 6.30. The molecule has 0 spiro atoms. The van der Waals surface area contributed by atoms with Crippen molar-refractivity contribution < 1.29 is 23.9 Å². The molecule has 1 fully saturated rings. The molecule has 1 saturated heterocycles. The third kappa shape index (κ3) is 3.93. The standard InChI is InChI=1S/C26H24ClN3O5/c1-15-10-20(16(2)29(15)12-17-4-9-22-23(11-17)35-14-34-22)21(31)13-30-24(32)26(3,28-25(30)33)18-5-7-19(27)8-6-18/h4-11H,12-14H2,1-3H3,(H,28,33). The summed E-state index contributed by atoms with van der Waals surface area (Å²) in [5.41, 5.74) is 2.46. The van der Waals surface area contributed by atoms with Crippen LogP contribution in [0.1, 0.15) is 39.8 Å². The van der Waals surface area contributed by atoms with Crippen LogP contribution in [0.3, 0.4) is 0 Å². The number of ether oxygens (including phenoxy) is 2. The number of rotatable bonds is 6. The highest BCUT2D eigenvalue weighted by atomic mass is 35.5. The number of carbonyl (C=O) groups is 3. The second-order valence-corrected chi connectivity index (χ2v) is 9.37. The zero-order valence-electron chi connectivity index (χ0n) is 19.6. The minimum Gasteiger partial charge on any atom is -0.454 e. The number of amides is 3. The molecule has 3 heterocycles. The van der Waals surface area contributed by atoms with Crippen LogP contribution in [0.2, 0.25) is 5.02 Å². The number of carbonyl (C=O) groups excluding carboxylic acids is 3. The summed E-state index contributed by atoms with van der Waals surface area (Å²) in [5.74, 6) is 0.625. The lowest BCUT2D eigenvalue weighted by molar-refractivity contribution is -0.130. The Kier molecular flexibility index (Phi) is 5.56. The molecule has 3 amide bonds. The van der Waals surface area contributed by atoms with E-state index in [9.17, 15) is 14.4 Å². The average molecular weight is 494 g/mol. The first-order valence-electron chi connectivity index (χ1n) is 11.2. The summed E-state index contributed by atoms with van der Waals surface area (Å²) < 4.78 is 12.9. The van der Waals surface area contributed by atoms with E-state index in [0.717, 1.165) is 21.9 Å². The predicted molar refractivity (Wildman–Crippen MR) is 129 cm³/mol. The van der Waals surface area contributed by atoms with E-state index in [1.165, 1.54) is 0 Å². The summed E-state index contributed by atoms with van der Waals surface area (Å²) in [4.78, 5) is 40.1. The number of nitrogens with zero attached hydrogens (tertiary/aromatic N) is 2. The predicted octanol–water partition coefficient (Wildman–Crippen LogP) is 4.19. The van der Waals surface area contributed by atoms with Gasteiger partial charge in [-0.3, -0.25) is 14.5 Å². The summed E-state index contributed by atoms with van der Waals surface area (Å²) >= 11 is 5.96. The van der Waals surface area contributed by atoms with Crippen LogP contribution in [0.5, 0.6) is 11.5 Å². The first-order chi connectivity index (χ1) is 16.7. The topological polar surface area (TPSA) is 89.9 Å². The zero-order valence-corrected chi connectivity index (χ0v) is 20.3. The van der Waals surface area contributed by atoms with Crippen molar-refractivity contribution in [1.82, 2.24) is 14.8 Å². The van der Waals surface area contributed by atoms with E-state index in [2.05, 4.69) is 5.32 Å². The largest absolute Gasteiger partial charge is 0.454 e. The number of urea groups is 1. The second-order valence-electron chi connectivity index (χ2n) is 8.94. The number of nitrogens with one attached hydrogen (secondary N) is 1. The maximum absolute atomic E-state index is 13.2. The molecule has 0 aliphatic carbocycles. The van der Waals surface area contributed by atoms with Gasteiger partial charge in [0.15, 0.2) is 17.3 Å². The number of hydrogen-bond acceptors (Lipinski definition) is 5. The maximum Gasteiger partial charge on any atom is 0.325 e. The molecule has 0 saturated carbocycles. The van der Waals surface area contributed by atoms with Gasteiger partial charge in [-0.25, -0.2) is 4.79 Å². The molecule has 3 aromatic rings. The van der Waals surface area contributed by atoms with Gasteiger partial charge in [-0.05, 0) is 62.2 Å². The number of ketones is 1. The molecule has 0 bridgehead atoms. The highest BCUT2D eigenvalue weighted by Crippen LogP contribution is 2.33. The lowest BCUT2D eigenvalue weighted by Gasteiger charge is -2.22. The number of benzene rings is 2. The molecule has 2 aliphatic heterocycles. The van der Waals surface area contributed by atoms with Crippen LogP contribution >= 0.6 is 11.6 Å². The van der Waals surface area contributed by atoms with Gasteiger partial charge in [0.25, 0.3) is 5.91 Å². The molecule has 5 rings (SSSR count). The molecule has 9 heteroatoms. The number of hydrogen-bond donors (Lipinski definition) is 1. The van der Waals surface area contributed by atoms with E-state index in [1.807, 2.05) is 36.6 Å². The molecule has 1 aromatic heterocycles. The minimum absolute atomic E-state index is 0.207. The number of imide groups is 1. The molecule has 1 N–H and O–H groups in total. The first-order valence-corrected chi connectivity index (χ1v) is 11.5. The van der Waals surface area contributed by atoms with Crippen LogP contribution in [-0.4, -0.2) is 40.5 Å². The summed E-state index contributed by atoms with van der Waals surface area (Å²) in [6.07, 6.45) is 0. The smallest absolute Gasteiger partial charge is 0.325 e. The Balaban J connectivity index is 1.35. The molecule has 35 heavy (non-hydrogen) atoms. The Morgan fingerprint density at radius 3 is 2.51 bits per heavy atom. The SMILES string of the molecule is Cc1cc(C(=O)CN2C(=O)NC(C)(c3ccc(Cl)cc3)C2=O)c(C)n1Cc1ccc2c(c1)OCO2. The van der Waals surface area contributed by atoms with Crippen LogP contribution in [0.15, 0.2) is 48.5 Å². The fraction of sp³-hybridized carbons (Fsp3) is 0.269. The second kappa shape index (κ2) is 8.46. The van der Waals surface area contributed by atoms with Crippen molar-refractivity contribution in [2.24, 2.45) is 0 Å². The fourth-order valence-corrected chi connectivity index (χ4v) is 4.72. The third-order valence-electron chi connectivity index (χ3n) is 6.65. The number of Topliss-reactive ketones (excluding diaryl/α,β-unsaturated/α-hetero) is 1. The van der Waals surface area contributed by atoms with Gasteiger partial charge in [0.05, 0.1) is 6.54 Å². The highest BCUT2D eigenvalue weighted by Gasteiger charge is 2.49. The Hall–Kier alpha value is -3.78. The van der Waals surface area contributed by atoms with Gasteiger partial charge in [-0.1, -0.05) is 29.8 Å². The van der Waals surface area contributed by atoms with Gasteiger partial charge in [-0.2, -0.15) is 0 Å². The van der Waals surface area contributed by atoms with E-state index in [1.54, 1.807) is 37.3 Å². The van der Waals surface area contributed by atoms with E-state index < -0.39 is 17.5 Å². The number of aromatic nitrogens is 1. The van der Waals surface area contributed by atoms with Crippen LogP contribution in [-0.2, 0) is 16.9 Å².